The molecule has 21 heavy (non-hydrogen) atoms. The van der Waals surface area contributed by atoms with E-state index in [-0.39, 0.29) is 17.3 Å². The first-order valence-electron chi connectivity index (χ1n) is 6.58. The molecule has 0 heterocycles. The fraction of sp³-hybridized carbons (Fsp3) is 0.429. The maximum absolute atomic E-state index is 13.2. The van der Waals surface area contributed by atoms with E-state index < -0.39 is 23.2 Å². The van der Waals surface area contributed by atoms with Gasteiger partial charge in [-0.25, -0.2) is 9.18 Å². The van der Waals surface area contributed by atoms with Crippen LogP contribution in [0.3, 0.4) is 0 Å². The summed E-state index contributed by atoms with van der Waals surface area (Å²) in [5.41, 5.74) is -0.758. The predicted octanol–water partition coefficient (Wildman–Crippen LogP) is 3.49. The van der Waals surface area contributed by atoms with Crippen LogP contribution in [0, 0.1) is 11.2 Å². The zero-order chi connectivity index (χ0) is 16.0. The summed E-state index contributed by atoms with van der Waals surface area (Å²) in [6, 6.07) is 3.27. The van der Waals surface area contributed by atoms with Crippen molar-refractivity contribution in [2.45, 2.75) is 26.7 Å². The van der Waals surface area contributed by atoms with Gasteiger partial charge in [0.05, 0.1) is 10.4 Å². The second-order valence-electron chi connectivity index (χ2n) is 4.73. The number of hydrogen-bond acceptors (Lipinski definition) is 2. The van der Waals surface area contributed by atoms with Gasteiger partial charge in [-0.15, -0.1) is 0 Å². The predicted molar refractivity (Wildman–Crippen MR) is 79.1 cm³/mol. The molecule has 0 unspecified atom stereocenters. The number of anilines is 1. The van der Waals surface area contributed by atoms with Crippen molar-refractivity contribution in [2.24, 2.45) is 5.41 Å². The Hall–Kier alpha value is -1.82. The highest BCUT2D eigenvalue weighted by molar-refractivity contribution is 6.30. The molecule has 0 atom stereocenters. The van der Waals surface area contributed by atoms with Crippen molar-refractivity contribution in [3.63, 3.8) is 0 Å². The van der Waals surface area contributed by atoms with E-state index >= 15 is 0 Å². The molecule has 0 bridgehead atoms. The van der Waals surface area contributed by atoms with E-state index in [0.29, 0.717) is 12.8 Å². The molecule has 0 fully saturated rings. The number of carboxylic acids is 1. The minimum absolute atomic E-state index is 0.00274. The molecule has 0 saturated carbocycles. The first-order valence-corrected chi connectivity index (χ1v) is 6.95. The Kier molecular flexibility index (Phi) is 5.96. The van der Waals surface area contributed by atoms with Crippen molar-refractivity contribution in [2.75, 3.05) is 11.9 Å². The second kappa shape index (κ2) is 7.26. The second-order valence-corrected chi connectivity index (χ2v) is 5.14. The Bertz CT molecular complexity index is 533. The lowest BCUT2D eigenvalue weighted by molar-refractivity contribution is -0.149. The Morgan fingerprint density at radius 1 is 1.33 bits per heavy atom. The van der Waals surface area contributed by atoms with Gasteiger partial charge in [0, 0.05) is 12.2 Å². The maximum Gasteiger partial charge on any atom is 0.319 e. The van der Waals surface area contributed by atoms with E-state index in [1.54, 1.807) is 13.8 Å². The van der Waals surface area contributed by atoms with E-state index in [1.165, 1.54) is 12.1 Å². The van der Waals surface area contributed by atoms with Crippen molar-refractivity contribution in [3.05, 3.63) is 29.0 Å². The lowest BCUT2D eigenvalue weighted by Crippen LogP contribution is -2.43. The van der Waals surface area contributed by atoms with Crippen LogP contribution in [0.25, 0.3) is 0 Å². The Balaban J connectivity index is 2.65. The van der Waals surface area contributed by atoms with Crippen molar-refractivity contribution in [3.8, 4) is 0 Å². The SMILES string of the molecule is CCC(CC)(CNC(=O)Nc1ccc(Cl)c(F)c1)C(=O)O. The van der Waals surface area contributed by atoms with E-state index in [0.717, 1.165) is 6.07 Å². The van der Waals surface area contributed by atoms with Gasteiger partial charge in [-0.05, 0) is 31.0 Å². The van der Waals surface area contributed by atoms with Crippen molar-refractivity contribution in [1.82, 2.24) is 5.32 Å². The van der Waals surface area contributed by atoms with E-state index in [9.17, 15) is 19.1 Å². The van der Waals surface area contributed by atoms with Crippen LogP contribution in [-0.2, 0) is 4.79 Å². The third-order valence-electron chi connectivity index (χ3n) is 3.57. The number of hydrogen-bond donors (Lipinski definition) is 3. The molecule has 0 aliphatic carbocycles. The van der Waals surface area contributed by atoms with Crippen LogP contribution >= 0.6 is 11.6 Å². The smallest absolute Gasteiger partial charge is 0.319 e. The van der Waals surface area contributed by atoms with Crippen LogP contribution in [0.1, 0.15) is 26.7 Å². The van der Waals surface area contributed by atoms with Gasteiger partial charge in [0.15, 0.2) is 0 Å². The molecule has 7 heteroatoms. The Morgan fingerprint density at radius 3 is 2.43 bits per heavy atom. The van der Waals surface area contributed by atoms with Crippen LogP contribution in [0.2, 0.25) is 5.02 Å². The van der Waals surface area contributed by atoms with Gasteiger partial charge < -0.3 is 15.7 Å². The quantitative estimate of drug-likeness (QED) is 0.751. The molecule has 0 aliphatic rings. The number of urea groups is 1. The number of benzene rings is 1. The molecule has 2 amide bonds. The van der Waals surface area contributed by atoms with Crippen LogP contribution in [0.15, 0.2) is 18.2 Å². The minimum atomic E-state index is -0.997. The summed E-state index contributed by atoms with van der Waals surface area (Å²) in [6.07, 6.45) is 0.795. The third-order valence-corrected chi connectivity index (χ3v) is 3.88. The number of carboxylic acid groups (broad SMARTS) is 1. The van der Waals surface area contributed by atoms with Crippen LogP contribution < -0.4 is 10.6 Å². The van der Waals surface area contributed by atoms with Crippen LogP contribution in [-0.4, -0.2) is 23.7 Å². The fourth-order valence-electron chi connectivity index (χ4n) is 1.88. The van der Waals surface area contributed by atoms with E-state index in [4.69, 9.17) is 11.6 Å². The number of amides is 2. The summed E-state index contributed by atoms with van der Waals surface area (Å²) in [4.78, 5) is 23.0. The highest BCUT2D eigenvalue weighted by Gasteiger charge is 2.35. The molecular formula is C14H18ClFN2O3. The molecule has 0 aliphatic heterocycles. The standard InChI is InChI=1S/C14H18ClFN2O3/c1-3-14(4-2,12(19)20)8-17-13(21)18-9-5-6-10(15)11(16)7-9/h5-7H,3-4,8H2,1-2H3,(H,19,20)(H2,17,18,21). The highest BCUT2D eigenvalue weighted by Crippen LogP contribution is 2.25. The Morgan fingerprint density at radius 2 is 1.95 bits per heavy atom. The summed E-state index contributed by atoms with van der Waals surface area (Å²) in [5, 5.41) is 14.1. The molecule has 0 spiro atoms. The van der Waals surface area contributed by atoms with Gasteiger partial charge in [-0.3, -0.25) is 4.79 Å². The van der Waals surface area contributed by atoms with Crippen molar-refractivity contribution < 1.29 is 19.1 Å². The summed E-state index contributed by atoms with van der Waals surface area (Å²) >= 11 is 5.54. The largest absolute Gasteiger partial charge is 0.481 e. The average molecular weight is 317 g/mol. The van der Waals surface area contributed by atoms with Gasteiger partial charge in [-0.2, -0.15) is 0 Å². The summed E-state index contributed by atoms with van der Waals surface area (Å²) < 4.78 is 13.2. The highest BCUT2D eigenvalue weighted by atomic mass is 35.5. The van der Waals surface area contributed by atoms with Crippen molar-refractivity contribution >= 4 is 29.3 Å². The lowest BCUT2D eigenvalue weighted by Gasteiger charge is -2.26. The van der Waals surface area contributed by atoms with Gasteiger partial charge in [0.1, 0.15) is 5.82 Å². The van der Waals surface area contributed by atoms with Gasteiger partial charge >= 0.3 is 12.0 Å². The normalized spacial score (nSPS) is 11.0. The molecule has 5 nitrogen and oxygen atoms in total. The first kappa shape index (κ1) is 17.2. The number of carbonyl (C=O) groups is 2. The molecule has 0 radical (unpaired) electrons. The summed E-state index contributed by atoms with van der Waals surface area (Å²) in [5.74, 6) is -1.60. The monoisotopic (exact) mass is 316 g/mol. The summed E-state index contributed by atoms with van der Waals surface area (Å²) in [6.45, 7) is 3.51. The molecular weight excluding hydrogens is 299 g/mol. The lowest BCUT2D eigenvalue weighted by atomic mass is 9.82. The molecule has 1 rings (SSSR count). The Labute approximate surface area is 127 Å². The van der Waals surface area contributed by atoms with Crippen LogP contribution in [0.5, 0.6) is 0 Å². The zero-order valence-electron chi connectivity index (χ0n) is 11.9. The molecule has 0 saturated heterocycles. The fourth-order valence-corrected chi connectivity index (χ4v) is 1.99. The molecule has 1 aromatic rings. The minimum Gasteiger partial charge on any atom is -0.481 e. The van der Waals surface area contributed by atoms with Crippen LogP contribution in [0.4, 0.5) is 14.9 Å². The molecule has 1 aromatic carbocycles. The number of halogens is 2. The number of rotatable bonds is 6. The molecule has 3 N–H and O–H groups in total. The van der Waals surface area contributed by atoms with E-state index in [2.05, 4.69) is 10.6 Å². The first-order chi connectivity index (χ1) is 9.84. The number of carbonyl (C=O) groups excluding carboxylic acids is 1. The molecule has 0 aromatic heterocycles. The maximum atomic E-state index is 13.2. The molecule has 116 valence electrons. The average Bonchev–Trinajstić information content (AvgIpc) is 2.44. The number of aliphatic carboxylic acids is 1. The topological polar surface area (TPSA) is 78.4 Å². The van der Waals surface area contributed by atoms with Crippen molar-refractivity contribution in [1.29, 1.82) is 0 Å². The third kappa shape index (κ3) is 4.32. The van der Waals surface area contributed by atoms with Gasteiger partial charge in [-0.1, -0.05) is 25.4 Å². The zero-order valence-corrected chi connectivity index (χ0v) is 12.6. The van der Waals surface area contributed by atoms with Gasteiger partial charge in [0.25, 0.3) is 0 Å². The van der Waals surface area contributed by atoms with E-state index in [1.807, 2.05) is 0 Å². The number of nitrogens with one attached hydrogen (secondary N) is 2. The summed E-state index contributed by atoms with van der Waals surface area (Å²) in [7, 11) is 0. The van der Waals surface area contributed by atoms with Gasteiger partial charge in [0.2, 0.25) is 0 Å².